The van der Waals surface area contributed by atoms with E-state index in [-0.39, 0.29) is 11.9 Å². The molecule has 0 fully saturated rings. The van der Waals surface area contributed by atoms with Crippen molar-refractivity contribution in [2.24, 2.45) is 0 Å². The number of carbonyl (C=O) groups is 1. The third-order valence-corrected chi connectivity index (χ3v) is 4.39. The lowest BCUT2D eigenvalue weighted by Gasteiger charge is -2.13. The number of aromatic amines is 1. The lowest BCUT2D eigenvalue weighted by molar-refractivity contribution is 0.0940. The van der Waals surface area contributed by atoms with Crippen molar-refractivity contribution in [2.45, 2.75) is 39.8 Å². The first-order valence-electron chi connectivity index (χ1n) is 9.41. The van der Waals surface area contributed by atoms with Gasteiger partial charge in [-0.15, -0.1) is 5.10 Å². The summed E-state index contributed by atoms with van der Waals surface area (Å²) in [4.78, 5) is 19.2. The number of carbonyl (C=O) groups excluding carboxylic acids is 1. The topological polar surface area (TPSA) is 91.7 Å². The minimum atomic E-state index is -0.121. The Balaban J connectivity index is 1.74. The standard InChI is InChI=1S/C20H27N7O/c1-6-27-20(26(4)5)22-18(25-27)15-8-7-9-16(12-15)19(28)21-13(2)10-17-11-14(3)23-24-17/h7-9,11-13H,6,10H2,1-5H3,(H,21,28)(H,23,24). The Labute approximate surface area is 165 Å². The molecule has 0 saturated carbocycles. The summed E-state index contributed by atoms with van der Waals surface area (Å²) in [5, 5.41) is 14.7. The van der Waals surface area contributed by atoms with E-state index in [9.17, 15) is 4.79 Å². The molecule has 148 valence electrons. The number of nitrogens with one attached hydrogen (secondary N) is 2. The van der Waals surface area contributed by atoms with Gasteiger partial charge in [0.25, 0.3) is 5.91 Å². The number of aromatic nitrogens is 5. The average Bonchev–Trinajstić information content (AvgIpc) is 3.27. The number of nitrogens with zero attached hydrogens (tertiary/aromatic N) is 5. The molecule has 1 amide bonds. The molecule has 0 bridgehead atoms. The average molecular weight is 381 g/mol. The van der Waals surface area contributed by atoms with Crippen molar-refractivity contribution >= 4 is 11.9 Å². The Morgan fingerprint density at radius 2 is 2.11 bits per heavy atom. The van der Waals surface area contributed by atoms with Gasteiger partial charge in [-0.05, 0) is 39.0 Å². The fraction of sp³-hybridized carbons (Fsp3) is 0.400. The van der Waals surface area contributed by atoms with Gasteiger partial charge in [-0.25, -0.2) is 4.68 Å². The maximum absolute atomic E-state index is 12.7. The zero-order valence-corrected chi connectivity index (χ0v) is 17.0. The molecule has 0 radical (unpaired) electrons. The molecule has 1 unspecified atom stereocenters. The molecule has 0 spiro atoms. The summed E-state index contributed by atoms with van der Waals surface area (Å²) in [6.07, 6.45) is 0.671. The van der Waals surface area contributed by atoms with Crippen molar-refractivity contribution < 1.29 is 4.79 Å². The van der Waals surface area contributed by atoms with Gasteiger partial charge in [0, 0.05) is 49.9 Å². The molecule has 3 aromatic rings. The van der Waals surface area contributed by atoms with Gasteiger partial charge in [-0.1, -0.05) is 12.1 Å². The van der Waals surface area contributed by atoms with Crippen molar-refractivity contribution in [3.63, 3.8) is 0 Å². The molecule has 3 rings (SSSR count). The van der Waals surface area contributed by atoms with E-state index >= 15 is 0 Å². The molecule has 8 nitrogen and oxygen atoms in total. The number of aryl methyl sites for hydroxylation is 2. The van der Waals surface area contributed by atoms with Crippen molar-refractivity contribution in [3.05, 3.63) is 47.3 Å². The Bertz CT molecular complexity index is 957. The third-order valence-electron chi connectivity index (χ3n) is 4.39. The van der Waals surface area contributed by atoms with E-state index in [4.69, 9.17) is 0 Å². The van der Waals surface area contributed by atoms with Gasteiger partial charge < -0.3 is 10.2 Å². The van der Waals surface area contributed by atoms with Crippen LogP contribution in [0.5, 0.6) is 0 Å². The lowest BCUT2D eigenvalue weighted by Crippen LogP contribution is -2.34. The number of rotatable bonds is 7. The summed E-state index contributed by atoms with van der Waals surface area (Å²) in [5.41, 5.74) is 3.35. The van der Waals surface area contributed by atoms with E-state index in [1.54, 1.807) is 6.07 Å². The summed E-state index contributed by atoms with van der Waals surface area (Å²) in [7, 11) is 3.87. The molecule has 0 saturated heterocycles. The van der Waals surface area contributed by atoms with Gasteiger partial charge in [0.15, 0.2) is 5.82 Å². The van der Waals surface area contributed by atoms with Crippen LogP contribution < -0.4 is 10.2 Å². The van der Waals surface area contributed by atoms with Gasteiger partial charge in [-0.2, -0.15) is 10.1 Å². The maximum Gasteiger partial charge on any atom is 0.251 e. The number of benzene rings is 1. The molecule has 8 heteroatoms. The van der Waals surface area contributed by atoms with Crippen LogP contribution >= 0.6 is 0 Å². The van der Waals surface area contributed by atoms with Crippen LogP contribution in [0.3, 0.4) is 0 Å². The van der Waals surface area contributed by atoms with Crippen molar-refractivity contribution in [1.29, 1.82) is 0 Å². The largest absolute Gasteiger partial charge is 0.349 e. The van der Waals surface area contributed by atoms with E-state index in [2.05, 4.69) is 25.6 Å². The minimum absolute atomic E-state index is 0.0309. The van der Waals surface area contributed by atoms with Crippen molar-refractivity contribution in [2.75, 3.05) is 19.0 Å². The molecule has 2 heterocycles. The second kappa shape index (κ2) is 8.24. The summed E-state index contributed by atoms with van der Waals surface area (Å²) >= 11 is 0. The first-order chi connectivity index (χ1) is 13.4. The monoisotopic (exact) mass is 381 g/mol. The Morgan fingerprint density at radius 1 is 1.32 bits per heavy atom. The van der Waals surface area contributed by atoms with Crippen molar-refractivity contribution in [3.8, 4) is 11.4 Å². The van der Waals surface area contributed by atoms with Crippen LogP contribution in [-0.2, 0) is 13.0 Å². The quantitative estimate of drug-likeness (QED) is 0.656. The molecular formula is C20H27N7O. The zero-order valence-electron chi connectivity index (χ0n) is 17.0. The number of H-pyrrole nitrogens is 1. The van der Waals surface area contributed by atoms with E-state index in [0.29, 0.717) is 17.8 Å². The Kier molecular flexibility index (Phi) is 5.77. The van der Waals surface area contributed by atoms with Gasteiger partial charge >= 0.3 is 0 Å². The van der Waals surface area contributed by atoms with Gasteiger partial charge in [0.1, 0.15) is 0 Å². The Hall–Kier alpha value is -3.16. The molecule has 28 heavy (non-hydrogen) atoms. The molecule has 2 N–H and O–H groups in total. The van der Waals surface area contributed by atoms with Gasteiger partial charge in [0.2, 0.25) is 5.95 Å². The first-order valence-corrected chi connectivity index (χ1v) is 9.41. The summed E-state index contributed by atoms with van der Waals surface area (Å²) in [5.74, 6) is 1.28. The van der Waals surface area contributed by atoms with Crippen LogP contribution in [0.15, 0.2) is 30.3 Å². The molecule has 1 atom stereocenters. The summed E-state index contributed by atoms with van der Waals surface area (Å²) in [6, 6.07) is 9.36. The molecule has 0 aliphatic heterocycles. The smallest absolute Gasteiger partial charge is 0.251 e. The van der Waals surface area contributed by atoms with Crippen LogP contribution in [0.25, 0.3) is 11.4 Å². The second-order valence-corrected chi connectivity index (χ2v) is 7.15. The van der Waals surface area contributed by atoms with Gasteiger partial charge in [-0.3, -0.25) is 9.89 Å². The van der Waals surface area contributed by atoms with Crippen molar-refractivity contribution in [1.82, 2.24) is 30.3 Å². The highest BCUT2D eigenvalue weighted by atomic mass is 16.1. The molecular weight excluding hydrogens is 354 g/mol. The molecule has 0 aliphatic rings. The van der Waals surface area contributed by atoms with Crippen LogP contribution in [-0.4, -0.2) is 51.0 Å². The lowest BCUT2D eigenvalue weighted by atomic mass is 10.1. The predicted molar refractivity (Wildman–Crippen MR) is 109 cm³/mol. The third kappa shape index (κ3) is 4.39. The predicted octanol–water partition coefficient (Wildman–Crippen LogP) is 2.42. The fourth-order valence-corrected chi connectivity index (χ4v) is 3.05. The summed E-state index contributed by atoms with van der Waals surface area (Å²) in [6.45, 7) is 6.68. The van der Waals surface area contributed by atoms with E-state index < -0.39 is 0 Å². The number of hydrogen-bond acceptors (Lipinski definition) is 5. The minimum Gasteiger partial charge on any atom is -0.349 e. The van der Waals surface area contributed by atoms with Crippen LogP contribution in [0.1, 0.15) is 35.6 Å². The molecule has 1 aromatic carbocycles. The molecule has 2 aromatic heterocycles. The van der Waals surface area contributed by atoms with Crippen LogP contribution in [0.2, 0.25) is 0 Å². The highest BCUT2D eigenvalue weighted by molar-refractivity contribution is 5.95. The normalized spacial score (nSPS) is 12.0. The second-order valence-electron chi connectivity index (χ2n) is 7.15. The first kappa shape index (κ1) is 19.6. The van der Waals surface area contributed by atoms with Crippen LogP contribution in [0.4, 0.5) is 5.95 Å². The van der Waals surface area contributed by atoms with Gasteiger partial charge in [0.05, 0.1) is 5.69 Å². The summed E-state index contributed by atoms with van der Waals surface area (Å²) < 4.78 is 1.84. The van der Waals surface area contributed by atoms with Crippen LogP contribution in [0, 0.1) is 6.92 Å². The fourth-order valence-electron chi connectivity index (χ4n) is 3.05. The zero-order chi connectivity index (χ0) is 20.3. The maximum atomic E-state index is 12.7. The van der Waals surface area contributed by atoms with E-state index in [0.717, 1.165) is 29.4 Å². The van der Waals surface area contributed by atoms with E-state index in [1.807, 2.05) is 68.7 Å². The highest BCUT2D eigenvalue weighted by Gasteiger charge is 2.15. The highest BCUT2D eigenvalue weighted by Crippen LogP contribution is 2.20. The Morgan fingerprint density at radius 3 is 2.71 bits per heavy atom. The number of hydrogen-bond donors (Lipinski definition) is 2. The molecule has 0 aliphatic carbocycles. The van der Waals surface area contributed by atoms with E-state index in [1.165, 1.54) is 0 Å². The SMILES string of the molecule is CCn1nc(-c2cccc(C(=O)NC(C)Cc3cc(C)[nH]n3)c2)nc1N(C)C. The number of anilines is 1. The number of amides is 1.